The third kappa shape index (κ3) is 4.03. The van der Waals surface area contributed by atoms with Gasteiger partial charge in [-0.05, 0) is 84.4 Å². The number of para-hydroxylation sites is 2. The molecule has 7 aromatic rings. The monoisotopic (exact) mass is 669 g/mol. The molecule has 228 valence electrons. The van der Waals surface area contributed by atoms with Crippen molar-refractivity contribution in [3.63, 3.8) is 0 Å². The molecule has 0 saturated carbocycles. The molecule has 1 aliphatic carbocycles. The van der Waals surface area contributed by atoms with E-state index in [1.807, 2.05) is 34.9 Å². The molecule has 0 saturated heterocycles. The van der Waals surface area contributed by atoms with E-state index in [1.54, 1.807) is 0 Å². The number of anilines is 2. The van der Waals surface area contributed by atoms with E-state index in [9.17, 15) is 0 Å². The van der Waals surface area contributed by atoms with Crippen LogP contribution in [0.1, 0.15) is 25.7 Å². The molecule has 0 fully saturated rings. The minimum absolute atomic E-state index is 0.195. The van der Waals surface area contributed by atoms with E-state index in [0.29, 0.717) is 0 Å². The minimum atomic E-state index is 0.195. The van der Waals surface area contributed by atoms with Crippen molar-refractivity contribution in [1.29, 1.82) is 0 Å². The smallest absolute Gasteiger partial charge is 0.247 e. The molecular formula is C42H28BNOS3. The fourth-order valence-electron chi connectivity index (χ4n) is 8.21. The van der Waals surface area contributed by atoms with Crippen LogP contribution in [0.5, 0.6) is 5.75 Å². The summed E-state index contributed by atoms with van der Waals surface area (Å²) >= 11 is 5.77. The quantitative estimate of drug-likeness (QED) is 0.170. The first kappa shape index (κ1) is 27.6. The fourth-order valence-corrected chi connectivity index (χ4v) is 11.9. The number of allylic oxidation sites excluding steroid dienone is 2. The molecule has 0 radical (unpaired) electrons. The van der Waals surface area contributed by atoms with E-state index >= 15 is 0 Å². The number of hydrogen-bond acceptors (Lipinski definition) is 5. The first-order valence-corrected chi connectivity index (χ1v) is 19.2. The van der Waals surface area contributed by atoms with Gasteiger partial charge in [-0.1, -0.05) is 107 Å². The highest BCUT2D eigenvalue weighted by Gasteiger charge is 2.39. The number of nitrogens with zero attached hydrogens (tertiary/aromatic N) is 1. The van der Waals surface area contributed by atoms with E-state index < -0.39 is 0 Å². The van der Waals surface area contributed by atoms with Crippen molar-refractivity contribution in [3.05, 3.63) is 133 Å². The second-order valence-corrected chi connectivity index (χ2v) is 16.3. The molecule has 1 aromatic heterocycles. The van der Waals surface area contributed by atoms with Gasteiger partial charge in [-0.25, -0.2) is 0 Å². The molecule has 0 bridgehead atoms. The number of fused-ring (bicyclic) bond motifs is 8. The molecule has 0 N–H and O–H groups in total. The van der Waals surface area contributed by atoms with Gasteiger partial charge in [-0.3, -0.25) is 0 Å². The Hall–Kier alpha value is -4.36. The highest BCUT2D eigenvalue weighted by molar-refractivity contribution is 8.01. The number of benzene rings is 6. The zero-order valence-electron chi connectivity index (χ0n) is 26.0. The lowest BCUT2D eigenvalue weighted by atomic mass is 9.36. The summed E-state index contributed by atoms with van der Waals surface area (Å²) < 4.78 is 9.18. The third-order valence-corrected chi connectivity index (χ3v) is 13.9. The molecule has 11 rings (SSSR count). The van der Waals surface area contributed by atoms with E-state index in [4.69, 9.17) is 4.74 Å². The Morgan fingerprint density at radius 1 is 0.625 bits per heavy atom. The van der Waals surface area contributed by atoms with Crippen LogP contribution in [0.15, 0.2) is 152 Å². The standard InChI is InChI=1S/C42H28BNOS3/c1-6-16-36-28(9-1)29-11-7-10-27(42(29)48-36)25-19-22-37-31(23-25)43-30-21-20-26(24-40(30)47-39-18-8-17-38(46-37)41(39)43)44-32-12-2-4-14-34(32)45-35-15-5-3-13-33(35)44/h1-2,4,6-12,14,16-24H,3,5,13,15H2. The maximum absolute atomic E-state index is 6.46. The predicted molar refractivity (Wildman–Crippen MR) is 205 cm³/mol. The van der Waals surface area contributed by atoms with Gasteiger partial charge in [0.2, 0.25) is 6.71 Å². The van der Waals surface area contributed by atoms with E-state index in [0.717, 1.165) is 30.0 Å². The molecule has 0 spiro atoms. The zero-order valence-corrected chi connectivity index (χ0v) is 28.5. The van der Waals surface area contributed by atoms with Gasteiger partial charge in [0.1, 0.15) is 5.76 Å². The average molecular weight is 670 g/mol. The maximum atomic E-state index is 6.46. The Kier molecular flexibility index (Phi) is 6.07. The molecule has 6 aromatic carbocycles. The second-order valence-electron chi connectivity index (χ2n) is 13.0. The van der Waals surface area contributed by atoms with Crippen LogP contribution in [0, 0.1) is 0 Å². The second kappa shape index (κ2) is 10.6. The lowest BCUT2D eigenvalue weighted by Crippen LogP contribution is -2.58. The van der Waals surface area contributed by atoms with Crippen LogP contribution >= 0.6 is 34.9 Å². The van der Waals surface area contributed by atoms with Crippen LogP contribution in [0.2, 0.25) is 0 Å². The molecule has 4 aliphatic rings. The number of hydrogen-bond donors (Lipinski definition) is 0. The molecule has 3 aliphatic heterocycles. The summed E-state index contributed by atoms with van der Waals surface area (Å²) in [4.78, 5) is 7.94. The summed E-state index contributed by atoms with van der Waals surface area (Å²) in [7, 11) is 0. The summed E-state index contributed by atoms with van der Waals surface area (Å²) in [5, 5.41) is 2.69. The third-order valence-electron chi connectivity index (χ3n) is 10.4. The van der Waals surface area contributed by atoms with Crippen molar-refractivity contribution in [2.75, 3.05) is 4.90 Å². The Morgan fingerprint density at radius 2 is 1.44 bits per heavy atom. The largest absolute Gasteiger partial charge is 0.458 e. The number of ether oxygens (including phenoxy) is 1. The SMILES string of the molecule is c1ccc2c(c1)OC1=C(CCCC1)N2c1ccc2c(c1)Sc1cccc3c1B2c1cc(-c2cccc4c2sc2ccccc24)ccc1S3. The van der Waals surface area contributed by atoms with E-state index in [-0.39, 0.29) is 6.71 Å². The summed E-state index contributed by atoms with van der Waals surface area (Å²) in [6.45, 7) is 0.195. The van der Waals surface area contributed by atoms with Crippen LogP contribution in [-0.2, 0) is 0 Å². The summed E-state index contributed by atoms with van der Waals surface area (Å²) in [5.41, 5.74) is 10.6. The Morgan fingerprint density at radius 3 is 2.40 bits per heavy atom. The predicted octanol–water partition coefficient (Wildman–Crippen LogP) is 10.5. The van der Waals surface area contributed by atoms with Gasteiger partial charge in [0.15, 0.2) is 5.75 Å². The minimum Gasteiger partial charge on any atom is -0.458 e. The van der Waals surface area contributed by atoms with Crippen molar-refractivity contribution in [3.8, 4) is 16.9 Å². The van der Waals surface area contributed by atoms with Gasteiger partial charge in [-0.2, -0.15) is 0 Å². The van der Waals surface area contributed by atoms with Gasteiger partial charge in [0.25, 0.3) is 0 Å². The van der Waals surface area contributed by atoms with Crippen LogP contribution in [0.3, 0.4) is 0 Å². The molecule has 0 unspecified atom stereocenters. The Bertz CT molecular complexity index is 2530. The molecule has 2 nitrogen and oxygen atoms in total. The first-order chi connectivity index (χ1) is 23.8. The first-order valence-electron chi connectivity index (χ1n) is 16.7. The molecule has 6 heteroatoms. The van der Waals surface area contributed by atoms with Gasteiger partial charge in [0.05, 0.1) is 11.4 Å². The van der Waals surface area contributed by atoms with Gasteiger partial charge < -0.3 is 9.64 Å². The topological polar surface area (TPSA) is 12.5 Å². The normalized spacial score (nSPS) is 15.8. The van der Waals surface area contributed by atoms with Crippen LogP contribution < -0.4 is 26.0 Å². The summed E-state index contributed by atoms with van der Waals surface area (Å²) in [6.07, 6.45) is 4.43. The molecular weight excluding hydrogens is 641 g/mol. The van der Waals surface area contributed by atoms with Gasteiger partial charge in [-0.15, -0.1) is 11.3 Å². The molecule has 0 amide bonds. The zero-order chi connectivity index (χ0) is 31.3. The van der Waals surface area contributed by atoms with Crippen molar-refractivity contribution in [1.82, 2.24) is 0 Å². The molecule has 0 atom stereocenters. The number of rotatable bonds is 2. The van der Waals surface area contributed by atoms with Gasteiger partial charge >= 0.3 is 0 Å². The lowest BCUT2D eigenvalue weighted by molar-refractivity contribution is 0.363. The molecule has 4 heterocycles. The van der Waals surface area contributed by atoms with E-state index in [1.165, 1.54) is 91.5 Å². The van der Waals surface area contributed by atoms with Crippen LogP contribution in [0.25, 0.3) is 31.3 Å². The fraction of sp³-hybridized carbons (Fsp3) is 0.0952. The van der Waals surface area contributed by atoms with Crippen LogP contribution in [0.4, 0.5) is 11.4 Å². The van der Waals surface area contributed by atoms with Crippen molar-refractivity contribution in [2.24, 2.45) is 0 Å². The van der Waals surface area contributed by atoms with Crippen molar-refractivity contribution in [2.45, 2.75) is 45.3 Å². The maximum Gasteiger partial charge on any atom is 0.247 e. The van der Waals surface area contributed by atoms with Crippen molar-refractivity contribution >= 4 is 89.5 Å². The highest BCUT2D eigenvalue weighted by atomic mass is 32.2. The lowest BCUT2D eigenvalue weighted by Gasteiger charge is -2.38. The Balaban J connectivity index is 1.08. The molecule has 48 heavy (non-hydrogen) atoms. The number of thiophene rings is 1. The Labute approximate surface area is 292 Å². The van der Waals surface area contributed by atoms with Gasteiger partial charge in [0, 0.05) is 51.9 Å². The van der Waals surface area contributed by atoms with E-state index in [2.05, 4.69) is 126 Å². The van der Waals surface area contributed by atoms with Crippen LogP contribution in [-0.4, -0.2) is 6.71 Å². The van der Waals surface area contributed by atoms with Crippen molar-refractivity contribution < 1.29 is 4.74 Å². The summed E-state index contributed by atoms with van der Waals surface area (Å²) in [6, 6.07) is 45.4. The average Bonchev–Trinajstić information content (AvgIpc) is 3.52. The summed E-state index contributed by atoms with van der Waals surface area (Å²) in [5.74, 6) is 2.10. The highest BCUT2D eigenvalue weighted by Crippen LogP contribution is 2.48.